The van der Waals surface area contributed by atoms with E-state index in [4.69, 9.17) is 4.98 Å². The predicted octanol–water partition coefficient (Wildman–Crippen LogP) is 1.73. The lowest BCUT2D eigenvalue weighted by atomic mass is 10.2. The highest BCUT2D eigenvalue weighted by Gasteiger charge is 2.21. The Morgan fingerprint density at radius 1 is 1.48 bits per heavy atom. The fourth-order valence-corrected chi connectivity index (χ4v) is 3.96. The Balaban J connectivity index is 1.88. The van der Waals surface area contributed by atoms with Gasteiger partial charge in [-0.3, -0.25) is 9.58 Å². The second-order valence-corrected chi connectivity index (χ2v) is 6.61. The van der Waals surface area contributed by atoms with Crippen LogP contribution in [-0.4, -0.2) is 55.8 Å². The summed E-state index contributed by atoms with van der Waals surface area (Å²) in [5, 5.41) is 8.60. The molecule has 1 unspecified atom stereocenters. The molecular weight excluding hydrogens is 284 g/mol. The molecular formula is C14H22N6S. The number of nitrogens with one attached hydrogen (secondary N) is 1. The molecule has 0 aromatic carbocycles. The van der Waals surface area contributed by atoms with Crippen molar-refractivity contribution in [1.82, 2.24) is 24.6 Å². The van der Waals surface area contributed by atoms with Crippen LogP contribution in [0, 0.1) is 0 Å². The summed E-state index contributed by atoms with van der Waals surface area (Å²) in [5.41, 5.74) is 0.894. The maximum Gasteiger partial charge on any atom is 0.163 e. The number of anilines is 1. The van der Waals surface area contributed by atoms with E-state index >= 15 is 0 Å². The van der Waals surface area contributed by atoms with Gasteiger partial charge in [0.15, 0.2) is 5.65 Å². The summed E-state index contributed by atoms with van der Waals surface area (Å²) < 4.78 is 1.81. The Morgan fingerprint density at radius 2 is 2.33 bits per heavy atom. The molecule has 1 aliphatic rings. The number of aromatic nitrogens is 4. The maximum atomic E-state index is 4.69. The Bertz CT molecular complexity index is 619. The third kappa shape index (κ3) is 2.98. The van der Waals surface area contributed by atoms with Crippen molar-refractivity contribution in [1.29, 1.82) is 0 Å². The molecule has 1 atom stereocenters. The zero-order valence-corrected chi connectivity index (χ0v) is 13.7. The zero-order valence-electron chi connectivity index (χ0n) is 12.8. The predicted molar refractivity (Wildman–Crippen MR) is 87.7 cm³/mol. The summed E-state index contributed by atoms with van der Waals surface area (Å²) in [6, 6.07) is 0.642. The van der Waals surface area contributed by atoms with Crippen molar-refractivity contribution < 1.29 is 0 Å². The van der Waals surface area contributed by atoms with Gasteiger partial charge in [-0.1, -0.05) is 0 Å². The average molecular weight is 306 g/mol. The fourth-order valence-electron chi connectivity index (χ4n) is 2.66. The summed E-state index contributed by atoms with van der Waals surface area (Å²) >= 11 is 2.03. The van der Waals surface area contributed by atoms with Gasteiger partial charge < -0.3 is 5.32 Å². The first-order valence-electron chi connectivity index (χ1n) is 7.39. The number of thioether (sulfide) groups is 1. The smallest absolute Gasteiger partial charge is 0.163 e. The molecule has 114 valence electrons. The molecule has 1 N–H and O–H groups in total. The molecule has 1 saturated heterocycles. The second kappa shape index (κ2) is 6.19. The van der Waals surface area contributed by atoms with E-state index in [-0.39, 0.29) is 0 Å². The summed E-state index contributed by atoms with van der Waals surface area (Å²) in [5.74, 6) is 4.23. The van der Waals surface area contributed by atoms with Crippen LogP contribution in [0.15, 0.2) is 6.20 Å². The number of fused-ring (bicyclic) bond motifs is 1. The van der Waals surface area contributed by atoms with Crippen LogP contribution in [0.3, 0.4) is 0 Å². The quantitative estimate of drug-likeness (QED) is 0.908. The molecule has 0 radical (unpaired) electrons. The van der Waals surface area contributed by atoms with Gasteiger partial charge in [-0.05, 0) is 26.1 Å². The highest BCUT2D eigenvalue weighted by atomic mass is 32.2. The van der Waals surface area contributed by atoms with Crippen molar-refractivity contribution in [3.05, 3.63) is 12.0 Å². The van der Waals surface area contributed by atoms with Crippen LogP contribution in [0.2, 0.25) is 0 Å². The highest BCUT2D eigenvalue weighted by molar-refractivity contribution is 7.99. The first kappa shape index (κ1) is 14.6. The first-order valence-corrected chi connectivity index (χ1v) is 8.55. The zero-order chi connectivity index (χ0) is 14.8. The largest absolute Gasteiger partial charge is 0.370 e. The monoisotopic (exact) mass is 306 g/mol. The summed E-state index contributed by atoms with van der Waals surface area (Å²) in [7, 11) is 4.09. The van der Waals surface area contributed by atoms with Gasteiger partial charge in [-0.15, -0.1) is 0 Å². The van der Waals surface area contributed by atoms with E-state index in [1.54, 1.807) is 0 Å². The standard InChI is InChI=1S/C14H22N6S/c1-4-15-13-11-7-16-20(3)14(11)18-12(17-13)8-19(2)10-5-6-21-9-10/h7,10H,4-6,8-9H2,1-3H3,(H,15,17,18). The second-order valence-electron chi connectivity index (χ2n) is 5.46. The first-order chi connectivity index (χ1) is 10.2. The molecule has 0 aliphatic carbocycles. The SMILES string of the molecule is CCNc1nc(CN(C)C2CCSC2)nc2c1cnn2C. The van der Waals surface area contributed by atoms with Crippen molar-refractivity contribution in [3.63, 3.8) is 0 Å². The molecule has 0 spiro atoms. The molecule has 6 nitrogen and oxygen atoms in total. The molecule has 0 saturated carbocycles. The molecule has 3 rings (SSSR count). The van der Waals surface area contributed by atoms with E-state index in [1.165, 1.54) is 17.9 Å². The molecule has 7 heteroatoms. The summed E-state index contributed by atoms with van der Waals surface area (Å²) in [6.45, 7) is 3.70. The van der Waals surface area contributed by atoms with Gasteiger partial charge in [-0.2, -0.15) is 16.9 Å². The van der Waals surface area contributed by atoms with Crippen molar-refractivity contribution >= 4 is 28.6 Å². The van der Waals surface area contributed by atoms with Crippen molar-refractivity contribution in [3.8, 4) is 0 Å². The highest BCUT2D eigenvalue weighted by Crippen LogP contribution is 2.24. The lowest BCUT2D eigenvalue weighted by Gasteiger charge is -2.22. The molecule has 2 aromatic heterocycles. The van der Waals surface area contributed by atoms with Gasteiger partial charge in [0.2, 0.25) is 0 Å². The number of hydrogen-bond donors (Lipinski definition) is 1. The molecule has 21 heavy (non-hydrogen) atoms. The topological polar surface area (TPSA) is 58.9 Å². The van der Waals surface area contributed by atoms with Gasteiger partial charge in [-0.25, -0.2) is 9.97 Å². The van der Waals surface area contributed by atoms with Crippen LogP contribution in [0.4, 0.5) is 5.82 Å². The fraction of sp³-hybridized carbons (Fsp3) is 0.643. The van der Waals surface area contributed by atoms with Crippen LogP contribution in [0.25, 0.3) is 11.0 Å². The third-order valence-electron chi connectivity index (χ3n) is 3.90. The molecule has 0 bridgehead atoms. The third-order valence-corrected chi connectivity index (χ3v) is 5.05. The van der Waals surface area contributed by atoms with Gasteiger partial charge in [0.1, 0.15) is 11.6 Å². The van der Waals surface area contributed by atoms with Crippen LogP contribution >= 0.6 is 11.8 Å². The van der Waals surface area contributed by atoms with E-state index in [0.29, 0.717) is 6.04 Å². The number of hydrogen-bond acceptors (Lipinski definition) is 6. The Kier molecular flexibility index (Phi) is 4.30. The molecule has 3 heterocycles. The van der Waals surface area contributed by atoms with E-state index in [1.807, 2.05) is 29.7 Å². The minimum atomic E-state index is 0.642. The number of rotatable bonds is 5. The van der Waals surface area contributed by atoms with Crippen LogP contribution in [0.5, 0.6) is 0 Å². The van der Waals surface area contributed by atoms with Crippen molar-refractivity contribution in [2.24, 2.45) is 7.05 Å². The van der Waals surface area contributed by atoms with E-state index in [0.717, 1.165) is 35.8 Å². The van der Waals surface area contributed by atoms with Gasteiger partial charge in [0.05, 0.1) is 18.1 Å². The van der Waals surface area contributed by atoms with Gasteiger partial charge >= 0.3 is 0 Å². The van der Waals surface area contributed by atoms with Crippen LogP contribution in [0.1, 0.15) is 19.2 Å². The summed E-state index contributed by atoms with van der Waals surface area (Å²) in [6.07, 6.45) is 3.09. The number of nitrogens with zero attached hydrogens (tertiary/aromatic N) is 5. The Labute approximate surface area is 129 Å². The van der Waals surface area contributed by atoms with E-state index < -0.39 is 0 Å². The lowest BCUT2D eigenvalue weighted by Crippen LogP contribution is -2.31. The average Bonchev–Trinajstić information content (AvgIpc) is 3.10. The molecule has 1 fully saturated rings. The molecule has 0 amide bonds. The van der Waals surface area contributed by atoms with E-state index in [2.05, 4.69) is 34.3 Å². The van der Waals surface area contributed by atoms with Crippen molar-refractivity contribution in [2.45, 2.75) is 25.9 Å². The summed E-state index contributed by atoms with van der Waals surface area (Å²) in [4.78, 5) is 11.7. The van der Waals surface area contributed by atoms with Crippen LogP contribution < -0.4 is 5.32 Å². The molecule has 1 aliphatic heterocycles. The lowest BCUT2D eigenvalue weighted by molar-refractivity contribution is 0.248. The Morgan fingerprint density at radius 3 is 3.05 bits per heavy atom. The van der Waals surface area contributed by atoms with Crippen LogP contribution in [-0.2, 0) is 13.6 Å². The normalized spacial score (nSPS) is 18.8. The number of aryl methyl sites for hydroxylation is 1. The van der Waals surface area contributed by atoms with Gasteiger partial charge in [0.25, 0.3) is 0 Å². The maximum absolute atomic E-state index is 4.69. The minimum Gasteiger partial charge on any atom is -0.370 e. The van der Waals surface area contributed by atoms with E-state index in [9.17, 15) is 0 Å². The molecule has 2 aromatic rings. The minimum absolute atomic E-state index is 0.642. The Hall–Kier alpha value is -1.34. The van der Waals surface area contributed by atoms with Crippen molar-refractivity contribution in [2.75, 3.05) is 30.4 Å². The van der Waals surface area contributed by atoms with Gasteiger partial charge in [0, 0.05) is 25.4 Å².